The van der Waals surface area contributed by atoms with Crippen molar-refractivity contribution in [3.63, 3.8) is 0 Å². The predicted octanol–water partition coefficient (Wildman–Crippen LogP) is 0.298. The molecule has 0 radical (unpaired) electrons. The zero-order valence-corrected chi connectivity index (χ0v) is 7.31. The lowest BCUT2D eigenvalue weighted by Gasteiger charge is -2.19. The molecule has 0 amide bonds. The van der Waals surface area contributed by atoms with Crippen molar-refractivity contribution in [3.8, 4) is 0 Å². The number of ether oxygens (including phenoxy) is 2. The van der Waals surface area contributed by atoms with Crippen molar-refractivity contribution in [1.82, 2.24) is 0 Å². The van der Waals surface area contributed by atoms with E-state index in [2.05, 4.69) is 0 Å². The van der Waals surface area contributed by atoms with Gasteiger partial charge in [-0.2, -0.15) is 0 Å². The van der Waals surface area contributed by atoms with Crippen molar-refractivity contribution >= 4 is 7.60 Å². The van der Waals surface area contributed by atoms with Crippen molar-refractivity contribution in [3.05, 3.63) is 11.9 Å². The van der Waals surface area contributed by atoms with Crippen LogP contribution in [0.4, 0.5) is 0 Å². The van der Waals surface area contributed by atoms with Crippen molar-refractivity contribution in [1.29, 1.82) is 0 Å². The fraction of sp³-hybridized carbons (Fsp3) is 0.667. The van der Waals surface area contributed by atoms with Crippen LogP contribution in [0.15, 0.2) is 11.9 Å². The molecule has 0 spiro atoms. The molecule has 1 fully saturated rings. The van der Waals surface area contributed by atoms with Crippen molar-refractivity contribution in [2.75, 3.05) is 20.0 Å². The van der Waals surface area contributed by atoms with E-state index < -0.39 is 7.60 Å². The average Bonchev–Trinajstić information content (AvgIpc) is 2.02. The Morgan fingerprint density at radius 3 is 2.42 bits per heavy atom. The summed E-state index contributed by atoms with van der Waals surface area (Å²) in [6, 6.07) is 0. The maximum atomic E-state index is 10.4. The maximum absolute atomic E-state index is 10.4. The van der Waals surface area contributed by atoms with Gasteiger partial charge in [-0.1, -0.05) is 6.08 Å². The van der Waals surface area contributed by atoms with Gasteiger partial charge < -0.3 is 19.3 Å². The van der Waals surface area contributed by atoms with Gasteiger partial charge in [0.05, 0.1) is 13.2 Å². The molecule has 0 aliphatic carbocycles. The average molecular weight is 194 g/mol. The van der Waals surface area contributed by atoms with Gasteiger partial charge in [0.25, 0.3) is 0 Å². The van der Waals surface area contributed by atoms with Crippen LogP contribution < -0.4 is 0 Å². The number of rotatable bonds is 2. The topological polar surface area (TPSA) is 76.0 Å². The Labute approximate surface area is 70.1 Å². The maximum Gasteiger partial charge on any atom is 0.348 e. The van der Waals surface area contributed by atoms with Gasteiger partial charge in [-0.05, 0) is 0 Å². The minimum atomic E-state index is -4.02. The lowest BCUT2D eigenvalue weighted by molar-refractivity contribution is -0.115. The first-order chi connectivity index (χ1) is 5.58. The Kier molecular flexibility index (Phi) is 3.43. The molecule has 0 aromatic heterocycles. The molecule has 1 aliphatic heterocycles. The molecule has 12 heavy (non-hydrogen) atoms. The van der Waals surface area contributed by atoms with Gasteiger partial charge in [-0.25, -0.2) is 0 Å². The van der Waals surface area contributed by atoms with Crippen molar-refractivity contribution in [2.24, 2.45) is 5.92 Å². The Hall–Kier alpha value is -0.190. The highest BCUT2D eigenvalue weighted by Gasteiger charge is 2.13. The van der Waals surface area contributed by atoms with Crippen LogP contribution in [0.25, 0.3) is 0 Å². The summed E-state index contributed by atoms with van der Waals surface area (Å²) in [5.41, 5.74) is 0. The monoisotopic (exact) mass is 194 g/mol. The quantitative estimate of drug-likeness (QED) is 0.618. The normalized spacial score (nSPS) is 21.8. The van der Waals surface area contributed by atoms with Crippen LogP contribution in [0.5, 0.6) is 0 Å². The Morgan fingerprint density at radius 1 is 1.33 bits per heavy atom. The fourth-order valence-corrected chi connectivity index (χ4v) is 1.32. The Balaban J connectivity index is 2.39. The third-order valence-corrected chi connectivity index (χ3v) is 1.94. The summed E-state index contributed by atoms with van der Waals surface area (Å²) >= 11 is 0. The third-order valence-electron chi connectivity index (χ3n) is 1.38. The molecule has 1 saturated heterocycles. The van der Waals surface area contributed by atoms with Crippen LogP contribution >= 0.6 is 7.60 Å². The molecule has 0 unspecified atom stereocenters. The van der Waals surface area contributed by atoms with E-state index >= 15 is 0 Å². The van der Waals surface area contributed by atoms with Crippen molar-refractivity contribution in [2.45, 2.75) is 0 Å². The highest BCUT2D eigenvalue weighted by Crippen LogP contribution is 2.36. The van der Waals surface area contributed by atoms with Gasteiger partial charge in [0.15, 0.2) is 0 Å². The van der Waals surface area contributed by atoms with Gasteiger partial charge in [-0.15, -0.1) is 0 Å². The summed E-state index contributed by atoms with van der Waals surface area (Å²) in [6.45, 7) is 1.17. The van der Waals surface area contributed by atoms with E-state index in [0.717, 1.165) is 5.82 Å². The molecule has 2 N–H and O–H groups in total. The largest absolute Gasteiger partial charge is 0.355 e. The highest BCUT2D eigenvalue weighted by molar-refractivity contribution is 7.55. The standard InChI is InChI=1S/C6H11O5P/c7-12(8,9)2-1-6-3-10-5-11-4-6/h1-2,6H,3-5H2,(H2,7,8,9)/b2-1+. The zero-order chi connectivity index (χ0) is 9.03. The summed E-state index contributed by atoms with van der Waals surface area (Å²) in [7, 11) is -4.02. The smallest absolute Gasteiger partial charge is 0.348 e. The van der Waals surface area contributed by atoms with Gasteiger partial charge in [0.1, 0.15) is 6.79 Å². The van der Waals surface area contributed by atoms with E-state index in [0.29, 0.717) is 13.2 Å². The summed E-state index contributed by atoms with van der Waals surface area (Å²) in [5, 5.41) is 0. The first kappa shape index (κ1) is 9.89. The zero-order valence-electron chi connectivity index (χ0n) is 6.42. The Bertz CT molecular complexity index is 202. The van der Waals surface area contributed by atoms with E-state index in [1.807, 2.05) is 0 Å². The minimum absolute atomic E-state index is 0.0497. The molecule has 1 heterocycles. The van der Waals surface area contributed by atoms with Crippen LogP contribution in [0.3, 0.4) is 0 Å². The van der Waals surface area contributed by atoms with Crippen molar-refractivity contribution < 1.29 is 23.8 Å². The van der Waals surface area contributed by atoms with E-state index in [1.165, 1.54) is 6.08 Å². The molecule has 0 bridgehead atoms. The SMILES string of the molecule is O=P(O)(O)/C=C/C1COCOC1. The summed E-state index contributed by atoms with van der Waals surface area (Å²) in [6.07, 6.45) is 1.43. The molecule has 0 aromatic carbocycles. The Morgan fingerprint density at radius 2 is 1.92 bits per heavy atom. The first-order valence-electron chi connectivity index (χ1n) is 3.48. The van der Waals surface area contributed by atoms with Gasteiger partial charge in [0, 0.05) is 11.7 Å². The van der Waals surface area contributed by atoms with Crippen LogP contribution in [0.1, 0.15) is 0 Å². The molecule has 5 nitrogen and oxygen atoms in total. The lowest BCUT2D eigenvalue weighted by atomic mass is 10.2. The van der Waals surface area contributed by atoms with Gasteiger partial charge in [0.2, 0.25) is 0 Å². The third kappa shape index (κ3) is 3.99. The predicted molar refractivity (Wildman–Crippen MR) is 41.4 cm³/mol. The molecular formula is C6H11O5P. The number of hydrogen-bond acceptors (Lipinski definition) is 3. The van der Waals surface area contributed by atoms with Gasteiger partial charge >= 0.3 is 7.60 Å². The second kappa shape index (κ2) is 4.16. The summed E-state index contributed by atoms with van der Waals surface area (Å²) in [5.74, 6) is 0.835. The second-order valence-corrected chi connectivity index (χ2v) is 4.03. The van der Waals surface area contributed by atoms with E-state index in [9.17, 15) is 4.57 Å². The van der Waals surface area contributed by atoms with Crippen LogP contribution in [0, 0.1) is 5.92 Å². The molecule has 6 heteroatoms. The van der Waals surface area contributed by atoms with Crippen LogP contribution in [-0.2, 0) is 14.0 Å². The molecule has 70 valence electrons. The fourth-order valence-electron chi connectivity index (χ4n) is 0.851. The summed E-state index contributed by atoms with van der Waals surface area (Å²) < 4.78 is 20.2. The molecule has 0 aromatic rings. The summed E-state index contributed by atoms with van der Waals surface area (Å²) in [4.78, 5) is 17.0. The van der Waals surface area contributed by atoms with E-state index in [4.69, 9.17) is 19.3 Å². The minimum Gasteiger partial charge on any atom is -0.355 e. The molecule has 1 aliphatic rings. The van der Waals surface area contributed by atoms with E-state index in [1.54, 1.807) is 0 Å². The molecule has 0 atom stereocenters. The molecule has 1 rings (SSSR count). The number of hydrogen-bond donors (Lipinski definition) is 2. The first-order valence-corrected chi connectivity index (χ1v) is 5.16. The highest BCUT2D eigenvalue weighted by atomic mass is 31.2. The van der Waals surface area contributed by atoms with Crippen LogP contribution in [0.2, 0.25) is 0 Å². The van der Waals surface area contributed by atoms with E-state index in [-0.39, 0.29) is 12.7 Å². The van der Waals surface area contributed by atoms with Gasteiger partial charge in [-0.3, -0.25) is 4.57 Å². The second-order valence-electron chi connectivity index (χ2n) is 2.55. The molecular weight excluding hydrogens is 183 g/mol. The van der Waals surface area contributed by atoms with Crippen LogP contribution in [-0.4, -0.2) is 29.8 Å². The molecule has 0 saturated carbocycles. The lowest BCUT2D eigenvalue weighted by Crippen LogP contribution is -2.22.